The van der Waals surface area contributed by atoms with Crippen LogP contribution >= 0.6 is 0 Å². The quantitative estimate of drug-likeness (QED) is 0.480. The van der Waals surface area contributed by atoms with Gasteiger partial charge in [0.1, 0.15) is 5.60 Å². The number of nitrogens with two attached hydrogens (primary N) is 2. The van der Waals surface area contributed by atoms with Gasteiger partial charge in [0.05, 0.1) is 6.61 Å². The maximum atomic E-state index is 9.76. The predicted octanol–water partition coefficient (Wildman–Crippen LogP) is -1.08. The van der Waals surface area contributed by atoms with Crippen molar-refractivity contribution < 1.29 is 9.84 Å². The van der Waals surface area contributed by atoms with Crippen LogP contribution in [0.4, 0.5) is 0 Å². The first-order valence-corrected chi connectivity index (χ1v) is 3.72. The normalized spacial score (nSPS) is 19.4. The molecule has 0 rings (SSSR count). The third kappa shape index (κ3) is 2.75. The van der Waals surface area contributed by atoms with Gasteiger partial charge in [-0.1, -0.05) is 6.92 Å². The lowest BCUT2D eigenvalue weighted by atomic mass is 9.90. The van der Waals surface area contributed by atoms with Gasteiger partial charge in [-0.3, -0.25) is 0 Å². The van der Waals surface area contributed by atoms with Gasteiger partial charge in [0.15, 0.2) is 0 Å². The predicted molar refractivity (Wildman–Crippen MR) is 44.1 cm³/mol. The highest BCUT2D eigenvalue weighted by Crippen LogP contribution is 2.14. The van der Waals surface area contributed by atoms with Crippen LogP contribution in [-0.2, 0) is 4.74 Å². The first-order chi connectivity index (χ1) is 5.10. The molecule has 4 nitrogen and oxygen atoms in total. The molecule has 0 radical (unpaired) electrons. The van der Waals surface area contributed by atoms with Crippen molar-refractivity contribution in [2.45, 2.75) is 12.5 Å². The lowest BCUT2D eigenvalue weighted by molar-refractivity contribution is -0.0592. The van der Waals surface area contributed by atoms with E-state index in [2.05, 4.69) is 0 Å². The van der Waals surface area contributed by atoms with Gasteiger partial charge >= 0.3 is 0 Å². The highest BCUT2D eigenvalue weighted by molar-refractivity contribution is 4.85. The summed E-state index contributed by atoms with van der Waals surface area (Å²) in [7, 11) is 1.53. The van der Waals surface area contributed by atoms with E-state index in [0.29, 0.717) is 6.54 Å². The molecule has 0 aliphatic rings. The number of aliphatic hydroxyl groups is 1. The summed E-state index contributed by atoms with van der Waals surface area (Å²) in [5.41, 5.74) is 9.81. The first-order valence-electron chi connectivity index (χ1n) is 3.72. The summed E-state index contributed by atoms with van der Waals surface area (Å²) >= 11 is 0. The summed E-state index contributed by atoms with van der Waals surface area (Å²) in [6.07, 6.45) is 0. The molecule has 0 aliphatic heterocycles. The first kappa shape index (κ1) is 10.8. The molecule has 2 atom stereocenters. The molecule has 5 N–H and O–H groups in total. The fourth-order valence-corrected chi connectivity index (χ4v) is 0.872. The van der Waals surface area contributed by atoms with E-state index >= 15 is 0 Å². The van der Waals surface area contributed by atoms with E-state index in [1.54, 1.807) is 0 Å². The minimum absolute atomic E-state index is 0.0348. The van der Waals surface area contributed by atoms with Gasteiger partial charge in [-0.05, 0) is 6.54 Å². The van der Waals surface area contributed by atoms with Crippen LogP contribution in [-0.4, -0.2) is 37.5 Å². The SMILES string of the molecule is COCC(O)(CN)C(C)CN. The number of hydrogen-bond donors (Lipinski definition) is 3. The van der Waals surface area contributed by atoms with E-state index in [1.807, 2.05) is 6.92 Å². The Kier molecular flexibility index (Phi) is 4.60. The van der Waals surface area contributed by atoms with Crippen molar-refractivity contribution in [2.24, 2.45) is 17.4 Å². The van der Waals surface area contributed by atoms with Gasteiger partial charge in [-0.25, -0.2) is 0 Å². The fraction of sp³-hybridized carbons (Fsp3) is 1.00. The van der Waals surface area contributed by atoms with Crippen LogP contribution in [0.3, 0.4) is 0 Å². The number of ether oxygens (including phenoxy) is 1. The monoisotopic (exact) mass is 162 g/mol. The van der Waals surface area contributed by atoms with Gasteiger partial charge in [-0.15, -0.1) is 0 Å². The molecule has 0 aliphatic carbocycles. The highest BCUT2D eigenvalue weighted by Gasteiger charge is 2.31. The molecule has 0 saturated carbocycles. The lowest BCUT2D eigenvalue weighted by Gasteiger charge is -2.31. The molecule has 0 saturated heterocycles. The van der Waals surface area contributed by atoms with Crippen LogP contribution in [0.2, 0.25) is 0 Å². The largest absolute Gasteiger partial charge is 0.386 e. The van der Waals surface area contributed by atoms with Crippen molar-refractivity contribution in [3.05, 3.63) is 0 Å². The summed E-state index contributed by atoms with van der Waals surface area (Å²) < 4.78 is 4.84. The molecular weight excluding hydrogens is 144 g/mol. The van der Waals surface area contributed by atoms with E-state index in [-0.39, 0.29) is 19.1 Å². The van der Waals surface area contributed by atoms with Gasteiger partial charge < -0.3 is 21.3 Å². The van der Waals surface area contributed by atoms with Crippen LogP contribution in [0, 0.1) is 5.92 Å². The second-order valence-corrected chi connectivity index (χ2v) is 2.88. The Morgan fingerprint density at radius 1 is 1.55 bits per heavy atom. The van der Waals surface area contributed by atoms with Crippen LogP contribution in [0.1, 0.15) is 6.92 Å². The van der Waals surface area contributed by atoms with E-state index in [4.69, 9.17) is 16.2 Å². The minimum atomic E-state index is -0.969. The molecule has 0 aromatic heterocycles. The van der Waals surface area contributed by atoms with Crippen molar-refractivity contribution in [1.29, 1.82) is 0 Å². The molecule has 68 valence electrons. The Bertz CT molecular complexity index is 111. The van der Waals surface area contributed by atoms with Crippen LogP contribution < -0.4 is 11.5 Å². The van der Waals surface area contributed by atoms with Crippen molar-refractivity contribution in [2.75, 3.05) is 26.8 Å². The Labute approximate surface area is 67.5 Å². The standard InChI is InChI=1S/C7H18N2O2/c1-6(3-8)7(10,4-9)5-11-2/h6,10H,3-5,8-9H2,1-2H3. The van der Waals surface area contributed by atoms with Gasteiger partial charge in [0, 0.05) is 19.6 Å². The Hall–Kier alpha value is -0.160. The second-order valence-electron chi connectivity index (χ2n) is 2.88. The van der Waals surface area contributed by atoms with Gasteiger partial charge in [0.2, 0.25) is 0 Å². The molecule has 0 fully saturated rings. The zero-order valence-corrected chi connectivity index (χ0v) is 7.21. The molecule has 0 heterocycles. The minimum Gasteiger partial charge on any atom is -0.386 e. The van der Waals surface area contributed by atoms with Crippen molar-refractivity contribution in [3.63, 3.8) is 0 Å². The van der Waals surface area contributed by atoms with Gasteiger partial charge in [-0.2, -0.15) is 0 Å². The van der Waals surface area contributed by atoms with E-state index < -0.39 is 5.60 Å². The Morgan fingerprint density at radius 2 is 2.09 bits per heavy atom. The molecule has 4 heteroatoms. The highest BCUT2D eigenvalue weighted by atomic mass is 16.5. The average Bonchev–Trinajstić information content (AvgIpc) is 2.03. The molecule has 0 spiro atoms. The summed E-state index contributed by atoms with van der Waals surface area (Å²) in [4.78, 5) is 0. The topological polar surface area (TPSA) is 81.5 Å². The van der Waals surface area contributed by atoms with Gasteiger partial charge in [0.25, 0.3) is 0 Å². The number of hydrogen-bond acceptors (Lipinski definition) is 4. The zero-order chi connectivity index (χ0) is 8.91. The molecule has 2 unspecified atom stereocenters. The molecular formula is C7H18N2O2. The van der Waals surface area contributed by atoms with Crippen LogP contribution in [0.25, 0.3) is 0 Å². The Morgan fingerprint density at radius 3 is 2.36 bits per heavy atom. The number of methoxy groups -OCH3 is 1. The third-order valence-corrected chi connectivity index (χ3v) is 2.02. The maximum absolute atomic E-state index is 9.76. The molecule has 0 bridgehead atoms. The third-order valence-electron chi connectivity index (χ3n) is 2.02. The zero-order valence-electron chi connectivity index (χ0n) is 7.21. The Balaban J connectivity index is 4.07. The second kappa shape index (κ2) is 4.66. The molecule has 11 heavy (non-hydrogen) atoms. The molecule has 0 aromatic rings. The summed E-state index contributed by atoms with van der Waals surface area (Å²) in [5, 5.41) is 9.76. The summed E-state index contributed by atoms with van der Waals surface area (Å²) in [6, 6.07) is 0. The van der Waals surface area contributed by atoms with Crippen molar-refractivity contribution in [3.8, 4) is 0 Å². The van der Waals surface area contributed by atoms with E-state index in [9.17, 15) is 5.11 Å². The fourth-order valence-electron chi connectivity index (χ4n) is 0.872. The maximum Gasteiger partial charge on any atom is 0.104 e. The van der Waals surface area contributed by atoms with E-state index in [0.717, 1.165) is 0 Å². The van der Waals surface area contributed by atoms with E-state index in [1.165, 1.54) is 7.11 Å². The van der Waals surface area contributed by atoms with Crippen molar-refractivity contribution in [1.82, 2.24) is 0 Å². The summed E-state index contributed by atoms with van der Waals surface area (Å²) in [6.45, 7) is 2.68. The van der Waals surface area contributed by atoms with Crippen LogP contribution in [0.15, 0.2) is 0 Å². The van der Waals surface area contributed by atoms with Crippen LogP contribution in [0.5, 0.6) is 0 Å². The molecule has 0 amide bonds. The smallest absolute Gasteiger partial charge is 0.104 e. The van der Waals surface area contributed by atoms with Crippen molar-refractivity contribution >= 4 is 0 Å². The summed E-state index contributed by atoms with van der Waals surface area (Å²) in [5.74, 6) is -0.0348. The average molecular weight is 162 g/mol. The number of rotatable bonds is 5. The lowest BCUT2D eigenvalue weighted by Crippen LogP contribution is -2.50. The molecule has 0 aromatic carbocycles.